The molecular formula is C10H11Br2NO3. The summed E-state index contributed by atoms with van der Waals surface area (Å²) < 4.78 is 5.45. The van der Waals surface area contributed by atoms with Gasteiger partial charge in [-0.25, -0.2) is 0 Å². The third-order valence-electron chi connectivity index (χ3n) is 1.62. The number of pyridine rings is 1. The largest absolute Gasteiger partial charge is 0.466 e. The summed E-state index contributed by atoms with van der Waals surface area (Å²) in [5.41, 5.74) is 0.270. The van der Waals surface area contributed by atoms with Crippen molar-refractivity contribution in [3.63, 3.8) is 0 Å². The molecule has 4 nitrogen and oxygen atoms in total. The molecule has 1 heterocycles. The predicted octanol–water partition coefficient (Wildman–Crippen LogP) is 2.56. The lowest BCUT2D eigenvalue weighted by Gasteiger charge is -2.00. The Morgan fingerprint density at radius 2 is 2.12 bits per heavy atom. The van der Waals surface area contributed by atoms with Gasteiger partial charge in [0.25, 0.3) is 0 Å². The van der Waals surface area contributed by atoms with E-state index in [1.807, 2.05) is 0 Å². The van der Waals surface area contributed by atoms with Gasteiger partial charge >= 0.3 is 5.97 Å². The molecule has 0 N–H and O–H groups in total. The van der Waals surface area contributed by atoms with Gasteiger partial charge in [0.2, 0.25) is 0 Å². The Bertz CT molecular complexity index is 365. The molecule has 0 aliphatic heterocycles. The second-order valence-electron chi connectivity index (χ2n) is 2.77. The Labute approximate surface area is 112 Å². The standard InChI is InChI=1S/C10H10BrNO3.BrH/c1-2-15-10(14)5-9(13)8-4-3-7(11)6-12-8;/h3-4,6H,2,5H2,1H3;1H. The highest BCUT2D eigenvalue weighted by molar-refractivity contribution is 9.10. The van der Waals surface area contributed by atoms with E-state index in [0.717, 1.165) is 4.47 Å². The molecule has 0 radical (unpaired) electrons. The van der Waals surface area contributed by atoms with Crippen molar-refractivity contribution in [1.82, 2.24) is 4.98 Å². The van der Waals surface area contributed by atoms with Gasteiger partial charge in [0.15, 0.2) is 5.78 Å². The molecule has 0 spiro atoms. The first-order valence-electron chi connectivity index (χ1n) is 4.44. The smallest absolute Gasteiger partial charge is 0.313 e. The van der Waals surface area contributed by atoms with Crippen molar-refractivity contribution in [3.8, 4) is 0 Å². The summed E-state index contributed by atoms with van der Waals surface area (Å²) in [6.07, 6.45) is 1.25. The van der Waals surface area contributed by atoms with E-state index >= 15 is 0 Å². The van der Waals surface area contributed by atoms with Crippen molar-refractivity contribution in [2.24, 2.45) is 0 Å². The highest BCUT2D eigenvalue weighted by Gasteiger charge is 2.13. The number of aromatic nitrogens is 1. The molecule has 0 atom stereocenters. The fourth-order valence-corrected chi connectivity index (χ4v) is 1.21. The lowest BCUT2D eigenvalue weighted by Crippen LogP contribution is -2.12. The minimum Gasteiger partial charge on any atom is -0.466 e. The Morgan fingerprint density at radius 1 is 1.44 bits per heavy atom. The first kappa shape index (κ1) is 15.2. The van der Waals surface area contributed by atoms with Crippen LogP contribution in [0.2, 0.25) is 0 Å². The molecule has 0 amide bonds. The van der Waals surface area contributed by atoms with Gasteiger partial charge in [0, 0.05) is 10.7 Å². The van der Waals surface area contributed by atoms with E-state index in [0.29, 0.717) is 0 Å². The monoisotopic (exact) mass is 351 g/mol. The van der Waals surface area contributed by atoms with E-state index in [1.54, 1.807) is 19.1 Å². The third-order valence-corrected chi connectivity index (χ3v) is 2.09. The van der Waals surface area contributed by atoms with Crippen LogP contribution in [-0.2, 0) is 9.53 Å². The van der Waals surface area contributed by atoms with Crippen LogP contribution in [0.4, 0.5) is 0 Å². The van der Waals surface area contributed by atoms with Crippen LogP contribution in [-0.4, -0.2) is 23.3 Å². The number of nitrogens with zero attached hydrogens (tertiary/aromatic N) is 1. The van der Waals surface area contributed by atoms with Crippen LogP contribution in [0.25, 0.3) is 0 Å². The van der Waals surface area contributed by atoms with Crippen molar-refractivity contribution in [3.05, 3.63) is 28.5 Å². The van der Waals surface area contributed by atoms with E-state index in [1.165, 1.54) is 6.20 Å². The van der Waals surface area contributed by atoms with E-state index < -0.39 is 5.97 Å². The summed E-state index contributed by atoms with van der Waals surface area (Å²) in [6.45, 7) is 1.97. The van der Waals surface area contributed by atoms with Crippen LogP contribution in [0.3, 0.4) is 0 Å². The van der Waals surface area contributed by atoms with Gasteiger partial charge in [-0.15, -0.1) is 17.0 Å². The van der Waals surface area contributed by atoms with Crippen molar-refractivity contribution < 1.29 is 14.3 Å². The number of carbonyl (C=O) groups is 2. The average molecular weight is 353 g/mol. The van der Waals surface area contributed by atoms with Gasteiger partial charge in [-0.05, 0) is 35.0 Å². The zero-order valence-electron chi connectivity index (χ0n) is 8.60. The first-order valence-corrected chi connectivity index (χ1v) is 5.23. The van der Waals surface area contributed by atoms with E-state index in [4.69, 9.17) is 0 Å². The number of hydrogen-bond acceptors (Lipinski definition) is 4. The molecule has 1 aromatic rings. The van der Waals surface area contributed by atoms with Crippen molar-refractivity contribution in [1.29, 1.82) is 0 Å². The molecule has 0 bridgehead atoms. The Hall–Kier alpha value is -0.750. The van der Waals surface area contributed by atoms with Crippen molar-refractivity contribution in [2.45, 2.75) is 13.3 Å². The molecule has 0 unspecified atom stereocenters. The molecular weight excluding hydrogens is 342 g/mol. The fourth-order valence-electron chi connectivity index (χ4n) is 0.974. The highest BCUT2D eigenvalue weighted by atomic mass is 79.9. The number of ether oxygens (including phenoxy) is 1. The second-order valence-corrected chi connectivity index (χ2v) is 3.68. The second kappa shape index (κ2) is 7.51. The summed E-state index contributed by atoms with van der Waals surface area (Å²) in [5, 5.41) is 0. The maximum Gasteiger partial charge on any atom is 0.313 e. The Morgan fingerprint density at radius 3 is 2.62 bits per heavy atom. The maximum atomic E-state index is 11.5. The molecule has 0 aromatic carbocycles. The summed E-state index contributed by atoms with van der Waals surface area (Å²) in [4.78, 5) is 26.4. The van der Waals surface area contributed by atoms with Gasteiger partial charge < -0.3 is 4.74 Å². The van der Waals surface area contributed by atoms with Crippen LogP contribution in [0.1, 0.15) is 23.8 Å². The molecule has 0 fully saturated rings. The summed E-state index contributed by atoms with van der Waals surface area (Å²) in [6, 6.07) is 3.26. The SMILES string of the molecule is Br.CCOC(=O)CC(=O)c1ccc(Br)cn1. The lowest BCUT2D eigenvalue weighted by molar-refractivity contribution is -0.141. The summed E-state index contributed by atoms with van der Waals surface area (Å²) in [7, 11) is 0. The number of halogens is 2. The molecule has 16 heavy (non-hydrogen) atoms. The Balaban J connectivity index is 0.00000225. The van der Waals surface area contributed by atoms with Gasteiger partial charge in [-0.1, -0.05) is 0 Å². The van der Waals surface area contributed by atoms with Crippen LogP contribution < -0.4 is 0 Å². The molecule has 0 saturated carbocycles. The lowest BCUT2D eigenvalue weighted by atomic mass is 10.2. The number of Topliss-reactive ketones (excluding diaryl/α,β-unsaturated/α-hetero) is 1. The molecule has 6 heteroatoms. The van der Waals surface area contributed by atoms with Gasteiger partial charge in [-0.2, -0.15) is 0 Å². The van der Waals surface area contributed by atoms with E-state index in [9.17, 15) is 9.59 Å². The number of esters is 1. The number of rotatable bonds is 4. The number of ketones is 1. The molecule has 88 valence electrons. The van der Waals surface area contributed by atoms with Crippen LogP contribution >= 0.6 is 32.9 Å². The fraction of sp³-hybridized carbons (Fsp3) is 0.300. The predicted molar refractivity (Wildman–Crippen MR) is 67.8 cm³/mol. The summed E-state index contributed by atoms with van der Waals surface area (Å²) >= 11 is 3.20. The van der Waals surface area contributed by atoms with Crippen molar-refractivity contribution in [2.75, 3.05) is 6.61 Å². The van der Waals surface area contributed by atoms with Gasteiger partial charge in [-0.3, -0.25) is 14.6 Å². The first-order chi connectivity index (χ1) is 7.13. The van der Waals surface area contributed by atoms with E-state index in [2.05, 4.69) is 25.7 Å². The van der Waals surface area contributed by atoms with Gasteiger partial charge in [0.1, 0.15) is 12.1 Å². The molecule has 1 aromatic heterocycles. The topological polar surface area (TPSA) is 56.3 Å². The Kier molecular flexibility index (Phi) is 7.16. The molecule has 0 aliphatic carbocycles. The average Bonchev–Trinajstić information content (AvgIpc) is 2.18. The minimum absolute atomic E-state index is 0. The molecule has 0 saturated heterocycles. The van der Waals surface area contributed by atoms with Crippen molar-refractivity contribution >= 4 is 44.7 Å². The van der Waals surface area contributed by atoms with Crippen LogP contribution in [0.15, 0.2) is 22.8 Å². The zero-order valence-corrected chi connectivity index (χ0v) is 11.9. The maximum absolute atomic E-state index is 11.5. The van der Waals surface area contributed by atoms with Crippen LogP contribution in [0, 0.1) is 0 Å². The molecule has 1 rings (SSSR count). The third kappa shape index (κ3) is 4.85. The highest BCUT2D eigenvalue weighted by Crippen LogP contribution is 2.08. The molecule has 0 aliphatic rings. The van der Waals surface area contributed by atoms with Gasteiger partial charge in [0.05, 0.1) is 6.61 Å². The number of carbonyl (C=O) groups excluding carboxylic acids is 2. The minimum atomic E-state index is -0.521. The normalized spacial score (nSPS) is 9.12. The number of hydrogen-bond donors (Lipinski definition) is 0. The van der Waals surface area contributed by atoms with Crippen LogP contribution in [0.5, 0.6) is 0 Å². The zero-order chi connectivity index (χ0) is 11.3. The quantitative estimate of drug-likeness (QED) is 0.474. The summed E-state index contributed by atoms with van der Waals surface area (Å²) in [5.74, 6) is -0.854. The van der Waals surface area contributed by atoms with E-state index in [-0.39, 0.29) is 41.5 Å².